The largest absolute Gasteiger partial charge is 0.322 e. The number of nitrogens with one attached hydrogen (secondary N) is 1. The summed E-state index contributed by atoms with van der Waals surface area (Å²) in [6, 6.07) is 1.64. The molecule has 1 aromatic heterocycles. The molecule has 98 valence electrons. The lowest BCUT2D eigenvalue weighted by molar-refractivity contribution is -0.122. The molecular weight excluding hydrogens is 250 g/mol. The Morgan fingerprint density at radius 2 is 2.44 bits per heavy atom. The van der Waals surface area contributed by atoms with Crippen LogP contribution in [0.25, 0.3) is 0 Å². The first kappa shape index (κ1) is 13.3. The van der Waals surface area contributed by atoms with Crippen LogP contribution < -0.4 is 11.1 Å². The van der Waals surface area contributed by atoms with Crippen molar-refractivity contribution in [3.8, 4) is 0 Å². The SMILES string of the molecule is CC1CCCC(N)(C(=O)Nc2cnccc2Cl)C1. The summed E-state index contributed by atoms with van der Waals surface area (Å²) in [5, 5.41) is 3.26. The summed E-state index contributed by atoms with van der Waals surface area (Å²) in [6.45, 7) is 2.13. The minimum absolute atomic E-state index is 0.163. The highest BCUT2D eigenvalue weighted by Crippen LogP contribution is 2.32. The molecule has 1 aliphatic carbocycles. The van der Waals surface area contributed by atoms with Gasteiger partial charge in [-0.3, -0.25) is 9.78 Å². The zero-order valence-electron chi connectivity index (χ0n) is 10.4. The van der Waals surface area contributed by atoms with Gasteiger partial charge in [0.1, 0.15) is 0 Å². The zero-order chi connectivity index (χ0) is 13.2. The molecular formula is C13H18ClN3O. The van der Waals surface area contributed by atoms with E-state index in [1.807, 2.05) is 0 Å². The van der Waals surface area contributed by atoms with E-state index < -0.39 is 5.54 Å². The van der Waals surface area contributed by atoms with Gasteiger partial charge in [0.15, 0.2) is 0 Å². The van der Waals surface area contributed by atoms with Gasteiger partial charge in [0.05, 0.1) is 22.4 Å². The van der Waals surface area contributed by atoms with Crippen LogP contribution in [0.5, 0.6) is 0 Å². The van der Waals surface area contributed by atoms with Gasteiger partial charge in [0.25, 0.3) is 0 Å². The van der Waals surface area contributed by atoms with Crippen molar-refractivity contribution in [2.24, 2.45) is 11.7 Å². The smallest absolute Gasteiger partial charge is 0.244 e. The fourth-order valence-corrected chi connectivity index (χ4v) is 2.67. The molecule has 0 radical (unpaired) electrons. The van der Waals surface area contributed by atoms with Crippen LogP contribution in [0.15, 0.2) is 18.5 Å². The Labute approximate surface area is 112 Å². The first-order valence-electron chi connectivity index (χ1n) is 6.21. The van der Waals surface area contributed by atoms with Crippen LogP contribution in [0, 0.1) is 5.92 Å². The molecule has 1 aromatic rings. The van der Waals surface area contributed by atoms with Crippen LogP contribution in [0.2, 0.25) is 5.02 Å². The number of carbonyl (C=O) groups excluding carboxylic acids is 1. The van der Waals surface area contributed by atoms with Crippen molar-refractivity contribution in [3.63, 3.8) is 0 Å². The van der Waals surface area contributed by atoms with Crippen LogP contribution >= 0.6 is 11.6 Å². The zero-order valence-corrected chi connectivity index (χ0v) is 11.2. The normalized spacial score (nSPS) is 27.8. The van der Waals surface area contributed by atoms with E-state index >= 15 is 0 Å². The predicted molar refractivity (Wildman–Crippen MR) is 72.4 cm³/mol. The third-order valence-corrected chi connectivity index (χ3v) is 3.83. The number of nitrogens with two attached hydrogens (primary N) is 1. The van der Waals surface area contributed by atoms with Gasteiger partial charge < -0.3 is 11.1 Å². The Hall–Kier alpha value is -1.13. The molecule has 1 heterocycles. The van der Waals surface area contributed by atoms with E-state index in [4.69, 9.17) is 17.3 Å². The number of nitrogens with zero attached hydrogens (tertiary/aromatic N) is 1. The topological polar surface area (TPSA) is 68.0 Å². The number of carbonyl (C=O) groups is 1. The van der Waals surface area contributed by atoms with Gasteiger partial charge in [0, 0.05) is 6.20 Å². The molecule has 18 heavy (non-hydrogen) atoms. The molecule has 4 nitrogen and oxygen atoms in total. The van der Waals surface area contributed by atoms with E-state index in [9.17, 15) is 4.79 Å². The number of pyridine rings is 1. The molecule has 2 rings (SSSR count). The molecule has 2 atom stereocenters. The highest BCUT2D eigenvalue weighted by atomic mass is 35.5. The molecule has 0 aliphatic heterocycles. The predicted octanol–water partition coefficient (Wildman–Crippen LogP) is 2.58. The van der Waals surface area contributed by atoms with Crippen molar-refractivity contribution in [2.75, 3.05) is 5.32 Å². The monoisotopic (exact) mass is 267 g/mol. The van der Waals surface area contributed by atoms with Crippen LogP contribution in [-0.2, 0) is 4.79 Å². The summed E-state index contributed by atoms with van der Waals surface area (Å²) < 4.78 is 0. The molecule has 2 unspecified atom stereocenters. The fourth-order valence-electron chi connectivity index (χ4n) is 2.51. The first-order valence-corrected chi connectivity index (χ1v) is 6.59. The molecule has 5 heteroatoms. The van der Waals surface area contributed by atoms with Gasteiger partial charge in [-0.25, -0.2) is 0 Å². The summed E-state index contributed by atoms with van der Waals surface area (Å²) in [6.07, 6.45) is 6.69. The third-order valence-electron chi connectivity index (χ3n) is 3.50. The van der Waals surface area contributed by atoms with Gasteiger partial charge in [-0.2, -0.15) is 0 Å². The summed E-state index contributed by atoms with van der Waals surface area (Å²) in [7, 11) is 0. The number of anilines is 1. The fraction of sp³-hybridized carbons (Fsp3) is 0.538. The van der Waals surface area contributed by atoms with E-state index in [0.29, 0.717) is 16.6 Å². The maximum atomic E-state index is 12.3. The highest BCUT2D eigenvalue weighted by Gasteiger charge is 2.38. The summed E-state index contributed by atoms with van der Waals surface area (Å²) >= 11 is 5.99. The lowest BCUT2D eigenvalue weighted by Crippen LogP contribution is -2.53. The Morgan fingerprint density at radius 1 is 1.67 bits per heavy atom. The lowest BCUT2D eigenvalue weighted by Gasteiger charge is -2.35. The van der Waals surface area contributed by atoms with Crippen LogP contribution in [0.4, 0.5) is 5.69 Å². The standard InChI is InChI=1S/C13H18ClN3O/c1-9-3-2-5-13(15,7-9)12(18)17-11-8-16-6-4-10(11)14/h4,6,8-9H,2-3,5,7,15H2,1H3,(H,17,18). The maximum absolute atomic E-state index is 12.3. The van der Waals surface area contributed by atoms with Crippen molar-refractivity contribution < 1.29 is 4.79 Å². The lowest BCUT2D eigenvalue weighted by atomic mass is 9.76. The average Bonchev–Trinajstić information content (AvgIpc) is 2.31. The van der Waals surface area contributed by atoms with Crippen molar-refractivity contribution in [1.82, 2.24) is 4.98 Å². The molecule has 1 saturated carbocycles. The number of hydrogen-bond donors (Lipinski definition) is 2. The first-order chi connectivity index (χ1) is 8.51. The van der Waals surface area contributed by atoms with E-state index in [2.05, 4.69) is 17.2 Å². The molecule has 0 spiro atoms. The number of amides is 1. The number of rotatable bonds is 2. The van der Waals surface area contributed by atoms with Crippen molar-refractivity contribution in [2.45, 2.75) is 38.1 Å². The van der Waals surface area contributed by atoms with Crippen molar-refractivity contribution in [3.05, 3.63) is 23.5 Å². The second-order valence-electron chi connectivity index (χ2n) is 5.17. The molecule has 1 fully saturated rings. The number of halogens is 1. The van der Waals surface area contributed by atoms with E-state index in [1.165, 1.54) is 6.20 Å². The van der Waals surface area contributed by atoms with Gasteiger partial charge in [-0.15, -0.1) is 0 Å². The van der Waals surface area contributed by atoms with Crippen LogP contribution in [0.3, 0.4) is 0 Å². The van der Waals surface area contributed by atoms with Crippen LogP contribution in [-0.4, -0.2) is 16.4 Å². The minimum atomic E-state index is -0.781. The molecule has 0 aromatic carbocycles. The number of hydrogen-bond acceptors (Lipinski definition) is 3. The second kappa shape index (κ2) is 5.24. The Kier molecular flexibility index (Phi) is 3.88. The number of aromatic nitrogens is 1. The van der Waals surface area contributed by atoms with E-state index in [1.54, 1.807) is 12.3 Å². The van der Waals surface area contributed by atoms with E-state index in [0.717, 1.165) is 25.7 Å². The van der Waals surface area contributed by atoms with Gasteiger partial charge >= 0.3 is 0 Å². The van der Waals surface area contributed by atoms with Crippen molar-refractivity contribution in [1.29, 1.82) is 0 Å². The maximum Gasteiger partial charge on any atom is 0.244 e. The highest BCUT2D eigenvalue weighted by molar-refractivity contribution is 6.33. The molecule has 0 saturated heterocycles. The summed E-state index contributed by atoms with van der Waals surface area (Å²) in [5.74, 6) is 0.322. The summed E-state index contributed by atoms with van der Waals surface area (Å²) in [5.41, 5.74) is 5.96. The molecule has 1 amide bonds. The Morgan fingerprint density at radius 3 is 3.11 bits per heavy atom. The van der Waals surface area contributed by atoms with E-state index in [-0.39, 0.29) is 5.91 Å². The molecule has 1 aliphatic rings. The van der Waals surface area contributed by atoms with Gasteiger partial charge in [0.2, 0.25) is 5.91 Å². The van der Waals surface area contributed by atoms with Gasteiger partial charge in [-0.05, 0) is 24.8 Å². The second-order valence-corrected chi connectivity index (χ2v) is 5.57. The Balaban J connectivity index is 2.10. The summed E-state index contributed by atoms with van der Waals surface area (Å²) in [4.78, 5) is 16.2. The Bertz CT molecular complexity index is 452. The van der Waals surface area contributed by atoms with Gasteiger partial charge in [-0.1, -0.05) is 31.4 Å². The quantitative estimate of drug-likeness (QED) is 0.865. The minimum Gasteiger partial charge on any atom is -0.322 e. The van der Waals surface area contributed by atoms with Crippen LogP contribution in [0.1, 0.15) is 32.6 Å². The van der Waals surface area contributed by atoms with Crippen molar-refractivity contribution >= 4 is 23.2 Å². The average molecular weight is 268 g/mol. The third kappa shape index (κ3) is 2.82. The molecule has 0 bridgehead atoms. The molecule has 3 N–H and O–H groups in total.